The quantitative estimate of drug-likeness (QED) is 0.583. The topological polar surface area (TPSA) is 69.1 Å². The highest BCUT2D eigenvalue weighted by Crippen LogP contribution is 2.07. The average molecular weight is 200 g/mol. The first-order valence-electron chi connectivity index (χ1n) is 5.56. The Morgan fingerprint density at radius 2 is 1.86 bits per heavy atom. The van der Waals surface area contributed by atoms with Crippen molar-refractivity contribution < 1.29 is 4.79 Å². The van der Waals surface area contributed by atoms with Crippen LogP contribution in [0.5, 0.6) is 0 Å². The lowest BCUT2D eigenvalue weighted by Gasteiger charge is -2.10. The van der Waals surface area contributed by atoms with Gasteiger partial charge in [0, 0.05) is 6.42 Å². The van der Waals surface area contributed by atoms with E-state index in [-0.39, 0.29) is 11.8 Å². The first kappa shape index (κ1) is 13.6. The lowest BCUT2D eigenvalue weighted by molar-refractivity contribution is -0.120. The zero-order valence-electron chi connectivity index (χ0n) is 9.46. The summed E-state index contributed by atoms with van der Waals surface area (Å²) in [6.07, 6.45) is 4.29. The molecule has 0 saturated carbocycles. The standard InChI is InChI=1S/C11H24N2O/c1-9(2)6-7-11(14)10(13)5-3-4-8-12/h9-10H,3-8,12-13H2,1-2H3/t10-/m0/s1. The van der Waals surface area contributed by atoms with Gasteiger partial charge in [-0.25, -0.2) is 0 Å². The average Bonchev–Trinajstić information content (AvgIpc) is 2.14. The minimum absolute atomic E-state index is 0.204. The second-order valence-electron chi connectivity index (χ2n) is 4.29. The molecule has 0 bridgehead atoms. The Hall–Kier alpha value is -0.410. The summed E-state index contributed by atoms with van der Waals surface area (Å²) in [6, 6.07) is -0.264. The number of Topliss-reactive ketones (excluding diaryl/α,β-unsaturated/α-hetero) is 1. The van der Waals surface area contributed by atoms with E-state index in [1.807, 2.05) is 0 Å². The molecule has 0 amide bonds. The van der Waals surface area contributed by atoms with Crippen LogP contribution in [0.25, 0.3) is 0 Å². The zero-order valence-corrected chi connectivity index (χ0v) is 9.46. The highest BCUT2D eigenvalue weighted by Gasteiger charge is 2.12. The first-order valence-corrected chi connectivity index (χ1v) is 5.56. The largest absolute Gasteiger partial charge is 0.330 e. The van der Waals surface area contributed by atoms with Crippen LogP contribution in [-0.2, 0) is 4.79 Å². The molecule has 0 aromatic rings. The van der Waals surface area contributed by atoms with E-state index < -0.39 is 0 Å². The minimum atomic E-state index is -0.264. The maximum Gasteiger partial charge on any atom is 0.149 e. The Balaban J connectivity index is 3.54. The van der Waals surface area contributed by atoms with E-state index in [4.69, 9.17) is 11.5 Å². The molecule has 0 aromatic carbocycles. The van der Waals surface area contributed by atoms with Gasteiger partial charge in [-0.3, -0.25) is 4.79 Å². The molecular weight excluding hydrogens is 176 g/mol. The van der Waals surface area contributed by atoms with Gasteiger partial charge in [0.2, 0.25) is 0 Å². The van der Waals surface area contributed by atoms with Gasteiger partial charge in [0.25, 0.3) is 0 Å². The van der Waals surface area contributed by atoms with Gasteiger partial charge in [-0.05, 0) is 31.7 Å². The van der Waals surface area contributed by atoms with E-state index in [2.05, 4.69) is 13.8 Å². The molecule has 0 aromatic heterocycles. The van der Waals surface area contributed by atoms with E-state index in [1.54, 1.807) is 0 Å². The van der Waals surface area contributed by atoms with Crippen molar-refractivity contribution in [1.82, 2.24) is 0 Å². The molecule has 0 heterocycles. The molecule has 0 saturated heterocycles. The van der Waals surface area contributed by atoms with Crippen LogP contribution >= 0.6 is 0 Å². The van der Waals surface area contributed by atoms with Crippen LogP contribution in [0.3, 0.4) is 0 Å². The van der Waals surface area contributed by atoms with Crippen molar-refractivity contribution in [3.8, 4) is 0 Å². The van der Waals surface area contributed by atoms with Crippen molar-refractivity contribution >= 4 is 5.78 Å². The first-order chi connectivity index (χ1) is 6.57. The van der Waals surface area contributed by atoms with Crippen molar-refractivity contribution in [2.45, 2.75) is 52.0 Å². The predicted octanol–water partition coefficient (Wildman–Crippen LogP) is 1.45. The minimum Gasteiger partial charge on any atom is -0.330 e. The van der Waals surface area contributed by atoms with E-state index in [1.165, 1.54) is 0 Å². The Morgan fingerprint density at radius 1 is 1.21 bits per heavy atom. The summed E-state index contributed by atoms with van der Waals surface area (Å²) in [4.78, 5) is 11.5. The Labute approximate surface area is 87.2 Å². The Bertz CT molecular complexity index is 157. The molecule has 84 valence electrons. The maximum absolute atomic E-state index is 11.5. The molecule has 0 aliphatic rings. The van der Waals surface area contributed by atoms with E-state index in [9.17, 15) is 4.79 Å². The Morgan fingerprint density at radius 3 is 2.36 bits per heavy atom. The van der Waals surface area contributed by atoms with Crippen LogP contribution in [0, 0.1) is 5.92 Å². The van der Waals surface area contributed by atoms with Crippen molar-refractivity contribution in [1.29, 1.82) is 0 Å². The SMILES string of the molecule is CC(C)CCC(=O)[C@@H](N)CCCCN. The maximum atomic E-state index is 11.5. The zero-order chi connectivity index (χ0) is 11.0. The van der Waals surface area contributed by atoms with Crippen LogP contribution in [0.4, 0.5) is 0 Å². The summed E-state index contributed by atoms with van der Waals surface area (Å²) in [6.45, 7) is 4.92. The molecule has 0 unspecified atom stereocenters. The van der Waals surface area contributed by atoms with Gasteiger partial charge in [0.1, 0.15) is 5.78 Å². The molecule has 0 radical (unpaired) electrons. The molecule has 0 spiro atoms. The van der Waals surface area contributed by atoms with Gasteiger partial charge >= 0.3 is 0 Å². The number of hydrogen-bond donors (Lipinski definition) is 2. The second kappa shape index (κ2) is 7.94. The fourth-order valence-electron chi connectivity index (χ4n) is 1.29. The fraction of sp³-hybridized carbons (Fsp3) is 0.909. The molecule has 0 aliphatic heterocycles. The van der Waals surface area contributed by atoms with E-state index in [0.717, 1.165) is 25.7 Å². The van der Waals surface area contributed by atoms with Gasteiger partial charge in [-0.15, -0.1) is 0 Å². The number of nitrogens with two attached hydrogens (primary N) is 2. The van der Waals surface area contributed by atoms with Crippen LogP contribution in [0.1, 0.15) is 46.0 Å². The number of ketones is 1. The molecule has 0 fully saturated rings. The molecule has 0 aliphatic carbocycles. The predicted molar refractivity (Wildman–Crippen MR) is 60.0 cm³/mol. The summed E-state index contributed by atoms with van der Waals surface area (Å²) in [7, 11) is 0. The lowest BCUT2D eigenvalue weighted by atomic mass is 9.99. The summed E-state index contributed by atoms with van der Waals surface area (Å²) in [5, 5.41) is 0. The van der Waals surface area contributed by atoms with E-state index >= 15 is 0 Å². The third-order valence-corrected chi connectivity index (χ3v) is 2.35. The van der Waals surface area contributed by atoms with Crippen LogP contribution in [-0.4, -0.2) is 18.4 Å². The van der Waals surface area contributed by atoms with Gasteiger partial charge in [0.15, 0.2) is 0 Å². The second-order valence-corrected chi connectivity index (χ2v) is 4.29. The normalized spacial score (nSPS) is 13.2. The summed E-state index contributed by atoms with van der Waals surface area (Å²) >= 11 is 0. The highest BCUT2D eigenvalue weighted by atomic mass is 16.1. The van der Waals surface area contributed by atoms with Crippen LogP contribution in [0.2, 0.25) is 0 Å². The lowest BCUT2D eigenvalue weighted by Crippen LogP contribution is -2.30. The van der Waals surface area contributed by atoms with Crippen molar-refractivity contribution in [2.24, 2.45) is 17.4 Å². The molecule has 0 rings (SSSR count). The summed E-state index contributed by atoms with van der Waals surface area (Å²) in [5.74, 6) is 0.783. The highest BCUT2D eigenvalue weighted by molar-refractivity contribution is 5.83. The summed E-state index contributed by atoms with van der Waals surface area (Å²) in [5.41, 5.74) is 11.1. The third kappa shape index (κ3) is 7.04. The number of unbranched alkanes of at least 4 members (excludes halogenated alkanes) is 1. The van der Waals surface area contributed by atoms with Crippen molar-refractivity contribution in [3.63, 3.8) is 0 Å². The van der Waals surface area contributed by atoms with Gasteiger partial charge < -0.3 is 11.5 Å². The van der Waals surface area contributed by atoms with Crippen molar-refractivity contribution in [2.75, 3.05) is 6.54 Å². The monoisotopic (exact) mass is 200 g/mol. The number of rotatable bonds is 8. The molecule has 14 heavy (non-hydrogen) atoms. The van der Waals surface area contributed by atoms with Crippen LogP contribution in [0.15, 0.2) is 0 Å². The fourth-order valence-corrected chi connectivity index (χ4v) is 1.29. The smallest absolute Gasteiger partial charge is 0.149 e. The summed E-state index contributed by atoms with van der Waals surface area (Å²) < 4.78 is 0. The van der Waals surface area contributed by atoms with Gasteiger partial charge in [-0.1, -0.05) is 20.3 Å². The third-order valence-electron chi connectivity index (χ3n) is 2.35. The van der Waals surface area contributed by atoms with Gasteiger partial charge in [0.05, 0.1) is 6.04 Å². The number of hydrogen-bond acceptors (Lipinski definition) is 3. The van der Waals surface area contributed by atoms with Gasteiger partial charge in [-0.2, -0.15) is 0 Å². The van der Waals surface area contributed by atoms with Crippen LogP contribution < -0.4 is 11.5 Å². The number of carbonyl (C=O) groups excluding carboxylic acids is 1. The molecular formula is C11H24N2O. The number of carbonyl (C=O) groups is 1. The molecule has 3 heteroatoms. The van der Waals surface area contributed by atoms with Crippen molar-refractivity contribution in [3.05, 3.63) is 0 Å². The molecule has 4 N–H and O–H groups in total. The molecule has 1 atom stereocenters. The van der Waals surface area contributed by atoms with E-state index in [0.29, 0.717) is 18.9 Å². The Kier molecular flexibility index (Phi) is 7.71. The molecule has 3 nitrogen and oxygen atoms in total.